The van der Waals surface area contributed by atoms with Gasteiger partial charge in [-0.15, -0.1) is 0 Å². The maximum Gasteiger partial charge on any atom is 0.322 e. The molecule has 0 saturated carbocycles. The number of rotatable bonds is 4. The average molecular weight is 390 g/mol. The largest absolute Gasteiger partial charge is 0.497 e. The Balaban J connectivity index is 1.63. The molecule has 0 bridgehead atoms. The Morgan fingerprint density at radius 2 is 1.78 bits per heavy atom. The molecule has 1 aliphatic heterocycles. The molecule has 2 aromatic rings. The van der Waals surface area contributed by atoms with E-state index in [1.54, 1.807) is 37.3 Å². The summed E-state index contributed by atoms with van der Waals surface area (Å²) in [7, 11) is 3.16. The molecule has 0 atom stereocenters. The van der Waals surface area contributed by atoms with E-state index in [0.717, 1.165) is 23.8 Å². The number of amides is 2. The third kappa shape index (κ3) is 4.39. The number of anilines is 2. The summed E-state index contributed by atoms with van der Waals surface area (Å²) in [5.41, 5.74) is 2.93. The third-order valence-corrected chi connectivity index (χ3v) is 4.96. The summed E-state index contributed by atoms with van der Waals surface area (Å²) < 4.78 is 10.5. The maximum atomic E-state index is 12.6. The van der Waals surface area contributed by atoms with Crippen LogP contribution in [0.5, 0.6) is 11.5 Å². The minimum Gasteiger partial charge on any atom is -0.497 e. The van der Waals surface area contributed by atoms with E-state index in [1.807, 2.05) is 18.2 Å². The predicted molar refractivity (Wildman–Crippen MR) is 109 cm³/mol. The highest BCUT2D eigenvalue weighted by atomic mass is 35.5. The molecular weight excluding hydrogens is 366 g/mol. The van der Waals surface area contributed by atoms with Crippen LogP contribution in [0.15, 0.2) is 36.4 Å². The number of nitrogens with one attached hydrogen (secondary N) is 1. The molecule has 0 unspecified atom stereocenters. The number of benzene rings is 2. The Labute approximate surface area is 164 Å². The van der Waals surface area contributed by atoms with Gasteiger partial charge in [0.25, 0.3) is 0 Å². The van der Waals surface area contributed by atoms with Gasteiger partial charge in [-0.2, -0.15) is 0 Å². The van der Waals surface area contributed by atoms with E-state index >= 15 is 0 Å². The molecule has 27 heavy (non-hydrogen) atoms. The Morgan fingerprint density at radius 1 is 1.04 bits per heavy atom. The summed E-state index contributed by atoms with van der Waals surface area (Å²) in [6, 6.07) is 11.1. The van der Waals surface area contributed by atoms with E-state index in [4.69, 9.17) is 21.1 Å². The third-order valence-electron chi connectivity index (χ3n) is 4.73. The summed E-state index contributed by atoms with van der Waals surface area (Å²) in [5.74, 6) is 1.24. The molecule has 6 nitrogen and oxygen atoms in total. The molecule has 7 heteroatoms. The smallest absolute Gasteiger partial charge is 0.322 e. The SMILES string of the molecule is COc1ccc(NC(=O)N2CCN(c3cc(Cl)ccc3C)CC2)c(OC)c1. The van der Waals surface area contributed by atoms with E-state index in [2.05, 4.69) is 17.1 Å². The minimum atomic E-state index is -0.138. The van der Waals surface area contributed by atoms with Crippen LogP contribution in [0, 0.1) is 6.92 Å². The fourth-order valence-electron chi connectivity index (χ4n) is 3.17. The summed E-state index contributed by atoms with van der Waals surface area (Å²) >= 11 is 6.13. The lowest BCUT2D eigenvalue weighted by Crippen LogP contribution is -2.50. The Bertz CT molecular complexity index is 820. The van der Waals surface area contributed by atoms with Crippen molar-refractivity contribution in [3.8, 4) is 11.5 Å². The molecule has 0 spiro atoms. The van der Waals surface area contributed by atoms with Crippen LogP contribution in [0.2, 0.25) is 5.02 Å². The first-order valence-electron chi connectivity index (χ1n) is 8.81. The molecule has 1 aliphatic rings. The number of carbonyl (C=O) groups is 1. The number of ether oxygens (including phenoxy) is 2. The van der Waals surface area contributed by atoms with Gasteiger partial charge in [0, 0.05) is 43.0 Å². The Morgan fingerprint density at radius 3 is 2.44 bits per heavy atom. The van der Waals surface area contributed by atoms with Crippen molar-refractivity contribution in [2.75, 3.05) is 50.6 Å². The van der Waals surface area contributed by atoms with Gasteiger partial charge in [-0.25, -0.2) is 4.79 Å². The van der Waals surface area contributed by atoms with Crippen molar-refractivity contribution in [1.82, 2.24) is 4.90 Å². The van der Waals surface area contributed by atoms with Gasteiger partial charge in [0.1, 0.15) is 11.5 Å². The van der Waals surface area contributed by atoms with Gasteiger partial charge >= 0.3 is 6.03 Å². The van der Waals surface area contributed by atoms with E-state index < -0.39 is 0 Å². The van der Waals surface area contributed by atoms with Gasteiger partial charge in [0.2, 0.25) is 0 Å². The van der Waals surface area contributed by atoms with Gasteiger partial charge in [-0.1, -0.05) is 17.7 Å². The lowest BCUT2D eigenvalue weighted by Gasteiger charge is -2.36. The van der Waals surface area contributed by atoms with Crippen LogP contribution in [0.3, 0.4) is 0 Å². The highest BCUT2D eigenvalue weighted by molar-refractivity contribution is 6.30. The van der Waals surface area contributed by atoms with Crippen LogP contribution >= 0.6 is 11.6 Å². The van der Waals surface area contributed by atoms with Crippen molar-refractivity contribution in [2.45, 2.75) is 6.92 Å². The summed E-state index contributed by atoms with van der Waals surface area (Å²) in [6.07, 6.45) is 0. The number of carbonyl (C=O) groups excluding carboxylic acids is 1. The van der Waals surface area contributed by atoms with Crippen molar-refractivity contribution in [2.24, 2.45) is 0 Å². The van der Waals surface area contributed by atoms with E-state index in [-0.39, 0.29) is 6.03 Å². The number of aryl methyl sites for hydroxylation is 1. The molecule has 2 amide bonds. The zero-order valence-corrected chi connectivity index (χ0v) is 16.5. The zero-order chi connectivity index (χ0) is 19.4. The van der Waals surface area contributed by atoms with Gasteiger partial charge in [0.15, 0.2) is 0 Å². The second kappa shape index (κ2) is 8.39. The number of halogens is 1. The van der Waals surface area contributed by atoms with Crippen molar-refractivity contribution >= 4 is 29.0 Å². The number of nitrogens with zero attached hydrogens (tertiary/aromatic N) is 2. The van der Waals surface area contributed by atoms with Gasteiger partial charge in [-0.3, -0.25) is 0 Å². The second-order valence-electron chi connectivity index (χ2n) is 6.40. The normalized spacial score (nSPS) is 14.1. The highest BCUT2D eigenvalue weighted by Crippen LogP contribution is 2.30. The number of hydrogen-bond acceptors (Lipinski definition) is 4. The van der Waals surface area contributed by atoms with Crippen LogP contribution < -0.4 is 19.7 Å². The topological polar surface area (TPSA) is 54.0 Å². The molecule has 3 rings (SSSR count). The molecule has 0 radical (unpaired) electrons. The first-order valence-corrected chi connectivity index (χ1v) is 9.18. The monoisotopic (exact) mass is 389 g/mol. The van der Waals surface area contributed by atoms with Crippen LogP contribution in [0.4, 0.5) is 16.2 Å². The first kappa shape index (κ1) is 19.2. The lowest BCUT2D eigenvalue weighted by atomic mass is 10.1. The van der Waals surface area contributed by atoms with Gasteiger partial charge in [-0.05, 0) is 36.8 Å². The quantitative estimate of drug-likeness (QED) is 0.858. The summed E-state index contributed by atoms with van der Waals surface area (Å²) in [5, 5.41) is 3.65. The first-order chi connectivity index (χ1) is 13.0. The van der Waals surface area contributed by atoms with E-state index in [9.17, 15) is 4.79 Å². The molecule has 0 aliphatic carbocycles. The fourth-order valence-corrected chi connectivity index (χ4v) is 3.34. The molecule has 1 heterocycles. The maximum absolute atomic E-state index is 12.6. The Hall–Kier alpha value is -2.60. The van der Waals surface area contributed by atoms with Crippen LogP contribution in [-0.2, 0) is 0 Å². The molecule has 1 N–H and O–H groups in total. The van der Waals surface area contributed by atoms with Gasteiger partial charge < -0.3 is 24.6 Å². The number of piperazine rings is 1. The van der Waals surface area contributed by atoms with Crippen molar-refractivity contribution in [3.63, 3.8) is 0 Å². The lowest BCUT2D eigenvalue weighted by molar-refractivity contribution is 0.208. The van der Waals surface area contributed by atoms with Crippen molar-refractivity contribution in [3.05, 3.63) is 47.0 Å². The number of hydrogen-bond donors (Lipinski definition) is 1. The highest BCUT2D eigenvalue weighted by Gasteiger charge is 2.23. The second-order valence-corrected chi connectivity index (χ2v) is 6.84. The summed E-state index contributed by atoms with van der Waals surface area (Å²) in [4.78, 5) is 16.7. The number of urea groups is 1. The van der Waals surface area contributed by atoms with Crippen LogP contribution in [-0.4, -0.2) is 51.3 Å². The van der Waals surface area contributed by atoms with Crippen molar-refractivity contribution < 1.29 is 14.3 Å². The summed E-state index contributed by atoms with van der Waals surface area (Å²) in [6.45, 7) is 4.86. The molecule has 2 aromatic carbocycles. The number of methoxy groups -OCH3 is 2. The predicted octanol–water partition coefficient (Wildman–Crippen LogP) is 4.02. The molecule has 144 valence electrons. The molecular formula is C20H24ClN3O3. The van der Waals surface area contributed by atoms with Gasteiger partial charge in [0.05, 0.1) is 19.9 Å². The van der Waals surface area contributed by atoms with Crippen LogP contribution in [0.25, 0.3) is 0 Å². The average Bonchev–Trinajstić information content (AvgIpc) is 2.70. The van der Waals surface area contributed by atoms with Crippen LogP contribution in [0.1, 0.15) is 5.56 Å². The van der Waals surface area contributed by atoms with Crippen molar-refractivity contribution in [1.29, 1.82) is 0 Å². The standard InChI is InChI=1S/C20H24ClN3O3/c1-14-4-5-15(21)12-18(14)23-8-10-24(11-9-23)20(25)22-17-7-6-16(26-2)13-19(17)27-3/h4-7,12-13H,8-11H2,1-3H3,(H,22,25). The minimum absolute atomic E-state index is 0.138. The Kier molecular flexibility index (Phi) is 5.96. The molecule has 0 aromatic heterocycles. The van der Waals surface area contributed by atoms with E-state index in [1.165, 1.54) is 5.56 Å². The molecule has 1 fully saturated rings. The fraction of sp³-hybridized carbons (Fsp3) is 0.350. The zero-order valence-electron chi connectivity index (χ0n) is 15.8. The molecule has 1 saturated heterocycles. The van der Waals surface area contributed by atoms with E-state index in [0.29, 0.717) is 30.3 Å².